The van der Waals surface area contributed by atoms with E-state index in [1.165, 1.54) is 0 Å². The zero-order chi connectivity index (χ0) is 24.7. The molecule has 178 valence electrons. The molecule has 3 aromatic rings. The van der Waals surface area contributed by atoms with Crippen LogP contribution in [0, 0.1) is 0 Å². The summed E-state index contributed by atoms with van der Waals surface area (Å²) in [6.07, 6.45) is -4.31. The smallest absolute Gasteiger partial charge is 0.401 e. The van der Waals surface area contributed by atoms with Crippen molar-refractivity contribution in [3.8, 4) is 16.9 Å². The van der Waals surface area contributed by atoms with E-state index in [2.05, 4.69) is 20.5 Å². The van der Waals surface area contributed by atoms with E-state index in [4.69, 9.17) is 16.3 Å². The van der Waals surface area contributed by atoms with Crippen molar-refractivity contribution < 1.29 is 27.5 Å². The summed E-state index contributed by atoms with van der Waals surface area (Å²) in [4.78, 5) is 27.4. The number of aldehydes is 1. The first-order valence-corrected chi connectivity index (χ1v) is 10.7. The van der Waals surface area contributed by atoms with Gasteiger partial charge in [-0.1, -0.05) is 35.9 Å². The van der Waals surface area contributed by atoms with Crippen LogP contribution in [0.1, 0.15) is 41.4 Å². The molecule has 34 heavy (non-hydrogen) atoms. The Labute approximate surface area is 197 Å². The molecule has 1 atom stereocenters. The third-order valence-electron chi connectivity index (χ3n) is 5.70. The first-order valence-electron chi connectivity index (χ1n) is 10.3. The topological polar surface area (TPSA) is 97.0 Å². The molecule has 4 rings (SSSR count). The van der Waals surface area contributed by atoms with Gasteiger partial charge in [-0.15, -0.1) is 0 Å². The number of aromatic nitrogens is 3. The van der Waals surface area contributed by atoms with E-state index in [0.717, 1.165) is 31.3 Å². The Morgan fingerprint density at radius 1 is 1.26 bits per heavy atom. The molecule has 2 N–H and O–H groups in total. The summed E-state index contributed by atoms with van der Waals surface area (Å²) in [5.74, 6) is -0.248. The van der Waals surface area contributed by atoms with E-state index in [0.29, 0.717) is 21.9 Å². The minimum Gasteiger partial charge on any atom is -0.480 e. The maximum atomic E-state index is 13.2. The number of hydrogen-bond donors (Lipinski definition) is 2. The van der Waals surface area contributed by atoms with Crippen LogP contribution >= 0.6 is 11.6 Å². The van der Waals surface area contributed by atoms with Crippen LogP contribution in [0.25, 0.3) is 11.1 Å². The van der Waals surface area contributed by atoms with E-state index in [9.17, 15) is 22.8 Å². The number of amides is 1. The molecule has 0 saturated heterocycles. The van der Waals surface area contributed by atoms with E-state index in [1.54, 1.807) is 36.4 Å². The fourth-order valence-electron chi connectivity index (χ4n) is 3.43. The molecule has 1 aromatic heterocycles. The summed E-state index contributed by atoms with van der Waals surface area (Å²) in [6.45, 7) is 1.83. The van der Waals surface area contributed by atoms with Gasteiger partial charge >= 0.3 is 6.18 Å². The van der Waals surface area contributed by atoms with E-state index >= 15 is 0 Å². The molecule has 2 heterocycles. The molecule has 0 unspecified atom stereocenters. The molecule has 1 aliphatic rings. The lowest BCUT2D eigenvalue weighted by Gasteiger charge is -2.24. The number of carbonyl (C=O) groups excluding carboxylic acids is 2. The van der Waals surface area contributed by atoms with Gasteiger partial charge in [0, 0.05) is 22.6 Å². The summed E-state index contributed by atoms with van der Waals surface area (Å²) >= 11 is 6.43. The van der Waals surface area contributed by atoms with Crippen molar-refractivity contribution in [2.75, 3.05) is 0 Å². The first-order chi connectivity index (χ1) is 16.0. The van der Waals surface area contributed by atoms with Crippen molar-refractivity contribution in [1.29, 1.82) is 0 Å². The maximum Gasteiger partial charge on any atom is 0.401 e. The van der Waals surface area contributed by atoms with Gasteiger partial charge in [-0.3, -0.25) is 14.7 Å². The van der Waals surface area contributed by atoms with Gasteiger partial charge in [-0.05, 0) is 37.1 Å². The van der Waals surface area contributed by atoms with Crippen LogP contribution in [0.15, 0.2) is 36.4 Å². The van der Waals surface area contributed by atoms with Crippen molar-refractivity contribution in [3.63, 3.8) is 0 Å². The number of H-pyrrole nitrogens is 1. The predicted octanol–water partition coefficient (Wildman–Crippen LogP) is 4.40. The standard InChI is InChI=1S/C23H20ClF3N4O3/c1-22(2,23(25,26)27)21-29-19(30-31-21)10-28-20(33)18-8-14-7-16(24)15(9-17(14)34-18)13-5-3-12(11-32)4-6-13/h3-7,9,11,18H,8,10H2,1-2H3,(H,28,33)(H,29,30,31)/t18-/m1/s1. The van der Waals surface area contributed by atoms with Crippen molar-refractivity contribution in [3.05, 3.63) is 64.2 Å². The number of fused-ring (bicyclic) bond motifs is 1. The summed E-state index contributed by atoms with van der Waals surface area (Å²) in [7, 11) is 0. The zero-order valence-electron chi connectivity index (χ0n) is 18.2. The lowest BCUT2D eigenvalue weighted by molar-refractivity contribution is -0.182. The first kappa shape index (κ1) is 23.7. The van der Waals surface area contributed by atoms with Gasteiger partial charge in [0.1, 0.15) is 23.3 Å². The Bertz CT molecular complexity index is 1240. The minimum atomic E-state index is -4.52. The fraction of sp³-hybridized carbons (Fsp3) is 0.304. The van der Waals surface area contributed by atoms with Crippen molar-refractivity contribution in [2.24, 2.45) is 0 Å². The van der Waals surface area contributed by atoms with Crippen LogP contribution in [0.4, 0.5) is 13.2 Å². The highest BCUT2D eigenvalue weighted by atomic mass is 35.5. The van der Waals surface area contributed by atoms with Crippen molar-refractivity contribution >= 4 is 23.8 Å². The Kier molecular flexibility index (Phi) is 6.11. The minimum absolute atomic E-state index is 0.0975. The zero-order valence-corrected chi connectivity index (χ0v) is 18.9. The Balaban J connectivity index is 1.42. The number of nitrogens with one attached hydrogen (secondary N) is 2. The second-order valence-corrected chi connectivity index (χ2v) is 8.84. The molecule has 0 aliphatic carbocycles. The van der Waals surface area contributed by atoms with Crippen LogP contribution in [0.5, 0.6) is 5.75 Å². The lowest BCUT2D eigenvalue weighted by atomic mass is 9.92. The number of ether oxygens (including phenoxy) is 1. The number of hydrogen-bond acceptors (Lipinski definition) is 5. The fourth-order valence-corrected chi connectivity index (χ4v) is 3.73. The average molecular weight is 493 g/mol. The summed E-state index contributed by atoms with van der Waals surface area (Å²) < 4.78 is 45.3. The predicted molar refractivity (Wildman–Crippen MR) is 118 cm³/mol. The molecule has 11 heteroatoms. The third kappa shape index (κ3) is 4.50. The van der Waals surface area contributed by atoms with Crippen LogP contribution in [0.2, 0.25) is 5.02 Å². The van der Waals surface area contributed by atoms with E-state index in [1.807, 2.05) is 0 Å². The largest absolute Gasteiger partial charge is 0.480 e. The number of halogens is 4. The molecule has 0 radical (unpaired) electrons. The van der Waals surface area contributed by atoms with E-state index < -0.39 is 29.4 Å². The molecule has 0 spiro atoms. The van der Waals surface area contributed by atoms with Crippen LogP contribution in [0.3, 0.4) is 0 Å². The molecule has 0 fully saturated rings. The summed E-state index contributed by atoms with van der Waals surface area (Å²) in [6, 6.07) is 10.4. The highest BCUT2D eigenvalue weighted by Crippen LogP contribution is 2.39. The quantitative estimate of drug-likeness (QED) is 0.497. The molecule has 2 aromatic carbocycles. The third-order valence-corrected chi connectivity index (χ3v) is 6.02. The molecule has 7 nitrogen and oxygen atoms in total. The van der Waals surface area contributed by atoms with Gasteiger partial charge in [0.15, 0.2) is 11.9 Å². The monoisotopic (exact) mass is 492 g/mol. The molecule has 0 saturated carbocycles. The summed E-state index contributed by atoms with van der Waals surface area (Å²) in [5, 5.41) is 9.16. The molecular weight excluding hydrogens is 473 g/mol. The van der Waals surface area contributed by atoms with Crippen molar-refractivity contribution in [1.82, 2.24) is 20.5 Å². The molecule has 1 aliphatic heterocycles. The number of carbonyl (C=O) groups is 2. The number of benzene rings is 2. The highest BCUT2D eigenvalue weighted by Gasteiger charge is 2.51. The van der Waals surface area contributed by atoms with Gasteiger partial charge in [0.2, 0.25) is 0 Å². The molecule has 1 amide bonds. The Hall–Kier alpha value is -3.40. The number of alkyl halides is 3. The SMILES string of the molecule is CC(C)(c1n[nH]c(CNC(=O)[C@H]2Cc3cc(Cl)c(-c4ccc(C=O)cc4)cc3O2)n1)C(F)(F)F. The second-order valence-electron chi connectivity index (χ2n) is 8.44. The number of nitrogens with zero attached hydrogens (tertiary/aromatic N) is 2. The highest BCUT2D eigenvalue weighted by molar-refractivity contribution is 6.33. The van der Waals surface area contributed by atoms with Gasteiger partial charge in [-0.25, -0.2) is 4.98 Å². The average Bonchev–Trinajstić information content (AvgIpc) is 3.43. The lowest BCUT2D eigenvalue weighted by Crippen LogP contribution is -2.38. The van der Waals surface area contributed by atoms with Gasteiger partial charge in [0.05, 0.1) is 6.54 Å². The maximum absolute atomic E-state index is 13.2. The van der Waals surface area contributed by atoms with Gasteiger partial charge < -0.3 is 10.1 Å². The van der Waals surface area contributed by atoms with Crippen LogP contribution in [-0.2, 0) is 23.2 Å². The number of rotatable bonds is 6. The normalized spacial score (nSPS) is 15.5. The second kappa shape index (κ2) is 8.75. The molecule has 0 bridgehead atoms. The summed E-state index contributed by atoms with van der Waals surface area (Å²) in [5.41, 5.74) is 0.548. The van der Waals surface area contributed by atoms with E-state index in [-0.39, 0.29) is 18.8 Å². The van der Waals surface area contributed by atoms with Crippen LogP contribution in [-0.4, -0.2) is 39.7 Å². The molecular formula is C23H20ClF3N4O3. The Morgan fingerprint density at radius 3 is 2.62 bits per heavy atom. The van der Waals surface area contributed by atoms with Crippen LogP contribution < -0.4 is 10.1 Å². The van der Waals surface area contributed by atoms with Gasteiger partial charge in [-0.2, -0.15) is 18.3 Å². The van der Waals surface area contributed by atoms with Gasteiger partial charge in [0.25, 0.3) is 5.91 Å². The Morgan fingerprint density at radius 2 is 1.97 bits per heavy atom. The number of aromatic amines is 1. The van der Waals surface area contributed by atoms with Crippen molar-refractivity contribution in [2.45, 2.75) is 44.5 Å².